The van der Waals surface area contributed by atoms with Gasteiger partial charge in [0.25, 0.3) is 0 Å². The van der Waals surface area contributed by atoms with Crippen LogP contribution < -0.4 is 0 Å². The molecule has 0 atom stereocenters. The molecule has 0 aromatic heterocycles. The highest BCUT2D eigenvalue weighted by molar-refractivity contribution is 5.94. The molecule has 1 fully saturated rings. The predicted molar refractivity (Wildman–Crippen MR) is 125 cm³/mol. The fourth-order valence-corrected chi connectivity index (χ4v) is 4.23. The molecule has 3 aromatic carbocycles. The molecule has 2 heteroatoms. The number of likely N-dealkylation sites (tertiary alicyclic amines) is 1. The Hall–Kier alpha value is -2.97. The minimum absolute atomic E-state index is 0.111. The second kappa shape index (κ2) is 9.23. The average molecular weight is 396 g/mol. The first-order valence-corrected chi connectivity index (χ1v) is 10.8. The zero-order chi connectivity index (χ0) is 20.9. The highest BCUT2D eigenvalue weighted by Crippen LogP contribution is 2.33. The van der Waals surface area contributed by atoms with Crippen molar-refractivity contribution >= 4 is 11.4 Å². The van der Waals surface area contributed by atoms with Crippen LogP contribution in [0.4, 0.5) is 0 Å². The highest BCUT2D eigenvalue weighted by Gasteiger charge is 2.19. The number of hydrogen-bond donors (Lipinski definition) is 0. The zero-order valence-corrected chi connectivity index (χ0v) is 17.9. The maximum Gasteiger partial charge on any atom is 0.159 e. The van der Waals surface area contributed by atoms with Crippen molar-refractivity contribution in [2.45, 2.75) is 33.2 Å². The van der Waals surface area contributed by atoms with E-state index in [0.29, 0.717) is 0 Å². The summed E-state index contributed by atoms with van der Waals surface area (Å²) in [4.78, 5) is 14.2. The van der Waals surface area contributed by atoms with Gasteiger partial charge >= 0.3 is 0 Å². The van der Waals surface area contributed by atoms with E-state index in [1.165, 1.54) is 33.4 Å². The third-order valence-corrected chi connectivity index (χ3v) is 5.98. The number of hydrogen-bond acceptors (Lipinski definition) is 2. The van der Waals surface area contributed by atoms with Gasteiger partial charge in [-0.2, -0.15) is 0 Å². The van der Waals surface area contributed by atoms with E-state index in [2.05, 4.69) is 78.6 Å². The van der Waals surface area contributed by atoms with E-state index >= 15 is 0 Å². The number of carbonyl (C=O) groups is 1. The minimum Gasteiger partial charge on any atom is -0.298 e. The van der Waals surface area contributed by atoms with E-state index in [0.717, 1.165) is 38.0 Å². The fraction of sp³-hybridized carbons (Fsp3) is 0.250. The lowest BCUT2D eigenvalue weighted by Gasteiger charge is -2.30. The third kappa shape index (κ3) is 4.77. The van der Waals surface area contributed by atoms with Gasteiger partial charge in [0, 0.05) is 25.2 Å². The smallest absolute Gasteiger partial charge is 0.159 e. The topological polar surface area (TPSA) is 20.3 Å². The molecule has 0 saturated carbocycles. The SMILES string of the molecule is CC(=O)c1ccc(C(=C2CCN(Cc3ccc(C)cc3)CC2)c2ccccc2)cc1. The summed E-state index contributed by atoms with van der Waals surface area (Å²) >= 11 is 0. The standard InChI is InChI=1S/C28H29NO/c1-21-8-10-23(11-9-21)20-29-18-16-27(17-19-29)28(25-6-4-3-5-7-25)26-14-12-24(13-15-26)22(2)30/h3-15H,16-20H2,1-2H3. The maximum absolute atomic E-state index is 11.7. The molecule has 1 aliphatic heterocycles. The van der Waals surface area contributed by atoms with Crippen LogP contribution in [0.2, 0.25) is 0 Å². The molecule has 30 heavy (non-hydrogen) atoms. The normalized spacial score (nSPS) is 14.5. The lowest BCUT2D eigenvalue weighted by Crippen LogP contribution is -2.30. The van der Waals surface area contributed by atoms with Gasteiger partial charge in [0.05, 0.1) is 0 Å². The van der Waals surface area contributed by atoms with Gasteiger partial charge in [-0.1, -0.05) is 90.0 Å². The number of nitrogens with zero attached hydrogens (tertiary/aromatic N) is 1. The molecule has 1 aliphatic rings. The molecule has 4 rings (SSSR count). The Balaban J connectivity index is 1.58. The van der Waals surface area contributed by atoms with Crippen LogP contribution in [0.5, 0.6) is 0 Å². The molecule has 0 spiro atoms. The largest absolute Gasteiger partial charge is 0.298 e. The Morgan fingerprint density at radius 2 is 1.33 bits per heavy atom. The molecule has 152 valence electrons. The Labute approximate surface area is 179 Å². The van der Waals surface area contributed by atoms with Crippen LogP contribution in [-0.2, 0) is 6.54 Å². The third-order valence-electron chi connectivity index (χ3n) is 5.98. The second-order valence-electron chi connectivity index (χ2n) is 8.24. The predicted octanol–water partition coefficient (Wildman–Crippen LogP) is 6.30. The summed E-state index contributed by atoms with van der Waals surface area (Å²) in [6, 6.07) is 27.6. The number of benzene rings is 3. The summed E-state index contributed by atoms with van der Waals surface area (Å²) in [6.45, 7) is 6.92. The maximum atomic E-state index is 11.7. The average Bonchev–Trinajstić information content (AvgIpc) is 2.78. The lowest BCUT2D eigenvalue weighted by atomic mass is 9.88. The zero-order valence-electron chi connectivity index (χ0n) is 17.9. The Morgan fingerprint density at radius 3 is 1.93 bits per heavy atom. The van der Waals surface area contributed by atoms with Crippen molar-refractivity contribution in [3.63, 3.8) is 0 Å². The second-order valence-corrected chi connectivity index (χ2v) is 8.24. The van der Waals surface area contributed by atoms with Gasteiger partial charge in [-0.25, -0.2) is 0 Å². The van der Waals surface area contributed by atoms with Crippen LogP contribution in [0, 0.1) is 6.92 Å². The molecule has 1 heterocycles. The highest BCUT2D eigenvalue weighted by atomic mass is 16.1. The first kappa shape index (κ1) is 20.3. The molecular formula is C28H29NO. The van der Waals surface area contributed by atoms with E-state index in [1.807, 2.05) is 12.1 Å². The number of rotatable bonds is 5. The molecule has 0 aliphatic carbocycles. The van der Waals surface area contributed by atoms with Crippen LogP contribution in [-0.4, -0.2) is 23.8 Å². The monoisotopic (exact) mass is 395 g/mol. The van der Waals surface area contributed by atoms with Crippen molar-refractivity contribution in [3.8, 4) is 0 Å². The van der Waals surface area contributed by atoms with Crippen LogP contribution in [0.15, 0.2) is 84.4 Å². The van der Waals surface area contributed by atoms with Crippen molar-refractivity contribution in [1.82, 2.24) is 4.90 Å². The van der Waals surface area contributed by atoms with E-state index in [-0.39, 0.29) is 5.78 Å². The molecule has 0 unspecified atom stereocenters. The quantitative estimate of drug-likeness (QED) is 0.473. The minimum atomic E-state index is 0.111. The first-order valence-electron chi connectivity index (χ1n) is 10.8. The van der Waals surface area contributed by atoms with Gasteiger partial charge in [-0.05, 0) is 49.0 Å². The van der Waals surface area contributed by atoms with Crippen molar-refractivity contribution < 1.29 is 4.79 Å². The molecule has 0 N–H and O–H groups in total. The molecule has 3 aromatic rings. The van der Waals surface area contributed by atoms with Crippen LogP contribution in [0.3, 0.4) is 0 Å². The van der Waals surface area contributed by atoms with Gasteiger partial charge in [0.1, 0.15) is 0 Å². The van der Waals surface area contributed by atoms with Crippen molar-refractivity contribution in [1.29, 1.82) is 0 Å². The number of carbonyl (C=O) groups excluding carboxylic acids is 1. The number of ketones is 1. The van der Waals surface area contributed by atoms with E-state index in [9.17, 15) is 4.79 Å². The Bertz CT molecular complexity index is 1020. The van der Waals surface area contributed by atoms with Crippen LogP contribution >= 0.6 is 0 Å². The number of aryl methyl sites for hydroxylation is 1. The van der Waals surface area contributed by atoms with Gasteiger partial charge in [-0.3, -0.25) is 9.69 Å². The molecule has 2 nitrogen and oxygen atoms in total. The van der Waals surface area contributed by atoms with E-state index in [1.54, 1.807) is 6.92 Å². The van der Waals surface area contributed by atoms with E-state index < -0.39 is 0 Å². The Morgan fingerprint density at radius 1 is 0.767 bits per heavy atom. The number of Topliss-reactive ketones (excluding diaryl/α,β-unsaturated/α-hetero) is 1. The summed E-state index contributed by atoms with van der Waals surface area (Å²) in [5.41, 5.74) is 8.77. The van der Waals surface area contributed by atoms with Crippen LogP contribution in [0.25, 0.3) is 5.57 Å². The molecular weight excluding hydrogens is 366 g/mol. The summed E-state index contributed by atoms with van der Waals surface area (Å²) in [6.07, 6.45) is 2.15. The summed E-state index contributed by atoms with van der Waals surface area (Å²) in [5.74, 6) is 0.111. The summed E-state index contributed by atoms with van der Waals surface area (Å²) in [5, 5.41) is 0. The summed E-state index contributed by atoms with van der Waals surface area (Å²) < 4.78 is 0. The number of piperidine rings is 1. The Kier molecular flexibility index (Phi) is 6.25. The first-order chi connectivity index (χ1) is 14.6. The van der Waals surface area contributed by atoms with Gasteiger partial charge in [-0.15, -0.1) is 0 Å². The van der Waals surface area contributed by atoms with Crippen molar-refractivity contribution in [2.75, 3.05) is 13.1 Å². The van der Waals surface area contributed by atoms with Gasteiger partial charge in [0.2, 0.25) is 0 Å². The van der Waals surface area contributed by atoms with Crippen molar-refractivity contribution in [3.05, 3.63) is 112 Å². The molecule has 0 bridgehead atoms. The van der Waals surface area contributed by atoms with Crippen molar-refractivity contribution in [2.24, 2.45) is 0 Å². The fourth-order valence-electron chi connectivity index (χ4n) is 4.23. The lowest BCUT2D eigenvalue weighted by molar-refractivity contribution is 0.101. The summed E-state index contributed by atoms with van der Waals surface area (Å²) in [7, 11) is 0. The van der Waals surface area contributed by atoms with Gasteiger partial charge < -0.3 is 0 Å². The van der Waals surface area contributed by atoms with Gasteiger partial charge in [0.15, 0.2) is 5.78 Å². The molecule has 0 amide bonds. The molecule has 0 radical (unpaired) electrons. The molecule has 1 saturated heterocycles. The van der Waals surface area contributed by atoms with E-state index in [4.69, 9.17) is 0 Å². The van der Waals surface area contributed by atoms with Crippen LogP contribution in [0.1, 0.15) is 52.4 Å².